The number of aryl methyl sites for hydroxylation is 1. The van der Waals surface area contributed by atoms with E-state index in [4.69, 9.17) is 0 Å². The van der Waals surface area contributed by atoms with Crippen LogP contribution in [0.2, 0.25) is 0 Å². The number of benzene rings is 1. The molecule has 7 nitrogen and oxygen atoms in total. The van der Waals surface area contributed by atoms with Gasteiger partial charge in [0.1, 0.15) is 5.65 Å². The Bertz CT molecular complexity index is 1370. The smallest absolute Gasteiger partial charge is 0.262 e. The highest BCUT2D eigenvalue weighted by Gasteiger charge is 2.17. The minimum atomic E-state index is -0.00139. The summed E-state index contributed by atoms with van der Waals surface area (Å²) in [5.41, 5.74) is 2.74. The van der Waals surface area contributed by atoms with Gasteiger partial charge in [-0.25, -0.2) is 4.98 Å². The van der Waals surface area contributed by atoms with Gasteiger partial charge in [0.15, 0.2) is 5.16 Å². The molecule has 0 aliphatic heterocycles. The first-order chi connectivity index (χ1) is 14.8. The van der Waals surface area contributed by atoms with Crippen LogP contribution in [0.15, 0.2) is 64.8 Å². The van der Waals surface area contributed by atoms with Gasteiger partial charge in [0.2, 0.25) is 5.78 Å². The summed E-state index contributed by atoms with van der Waals surface area (Å²) in [5, 5.41) is 10.3. The zero-order valence-corrected chi connectivity index (χ0v) is 17.5. The molecule has 5 aromatic rings. The van der Waals surface area contributed by atoms with Crippen molar-refractivity contribution in [1.82, 2.24) is 28.5 Å². The Hall–Kier alpha value is -3.13. The number of thioether (sulfide) groups is 1. The Labute approximate surface area is 177 Å². The Morgan fingerprint density at radius 3 is 2.77 bits per heavy atom. The van der Waals surface area contributed by atoms with Gasteiger partial charge >= 0.3 is 0 Å². The Morgan fingerprint density at radius 2 is 1.90 bits per heavy atom. The summed E-state index contributed by atoms with van der Waals surface area (Å²) in [5.74, 6) is 1.28. The van der Waals surface area contributed by atoms with Crippen LogP contribution in [-0.2, 0) is 12.3 Å². The topological polar surface area (TPSA) is 69.5 Å². The van der Waals surface area contributed by atoms with Crippen molar-refractivity contribution in [2.24, 2.45) is 0 Å². The Balaban J connectivity index is 1.56. The molecule has 0 spiro atoms. The minimum Gasteiger partial charge on any atom is -0.307 e. The lowest BCUT2D eigenvalue weighted by molar-refractivity contribution is 0.594. The minimum absolute atomic E-state index is 0.00139. The third-order valence-electron chi connectivity index (χ3n) is 5.23. The van der Waals surface area contributed by atoms with Crippen molar-refractivity contribution < 1.29 is 0 Å². The molecule has 4 aromatic heterocycles. The third-order valence-corrected chi connectivity index (χ3v) is 6.19. The largest absolute Gasteiger partial charge is 0.307 e. The average Bonchev–Trinajstić information content (AvgIpc) is 3.38. The molecule has 0 radical (unpaired) electrons. The summed E-state index contributed by atoms with van der Waals surface area (Å²) in [6, 6.07) is 13.6. The quantitative estimate of drug-likeness (QED) is 0.293. The molecule has 0 aliphatic rings. The molecule has 8 heteroatoms. The molecule has 0 saturated carbocycles. The van der Waals surface area contributed by atoms with Gasteiger partial charge in [-0.2, -0.15) is 0 Å². The second kappa shape index (κ2) is 7.95. The molecule has 0 atom stereocenters. The van der Waals surface area contributed by atoms with E-state index in [2.05, 4.69) is 22.1 Å². The van der Waals surface area contributed by atoms with E-state index in [1.807, 2.05) is 63.7 Å². The highest BCUT2D eigenvalue weighted by Crippen LogP contribution is 2.24. The summed E-state index contributed by atoms with van der Waals surface area (Å²) in [7, 11) is 0. The predicted molar refractivity (Wildman–Crippen MR) is 119 cm³/mol. The van der Waals surface area contributed by atoms with E-state index in [-0.39, 0.29) is 5.56 Å². The molecule has 0 aliphatic carbocycles. The van der Waals surface area contributed by atoms with Crippen molar-refractivity contribution in [3.63, 3.8) is 0 Å². The van der Waals surface area contributed by atoms with Crippen molar-refractivity contribution in [1.29, 1.82) is 0 Å². The van der Waals surface area contributed by atoms with Gasteiger partial charge in [-0.1, -0.05) is 49.7 Å². The van der Waals surface area contributed by atoms with Gasteiger partial charge in [0.05, 0.1) is 16.6 Å². The number of pyridine rings is 1. The maximum Gasteiger partial charge on any atom is 0.262 e. The number of rotatable bonds is 7. The van der Waals surface area contributed by atoms with Crippen LogP contribution in [0.1, 0.15) is 31.9 Å². The average molecular weight is 419 g/mol. The van der Waals surface area contributed by atoms with Gasteiger partial charge in [-0.05, 0) is 30.7 Å². The first kappa shape index (κ1) is 18.9. The van der Waals surface area contributed by atoms with Gasteiger partial charge in [0, 0.05) is 24.7 Å². The van der Waals surface area contributed by atoms with E-state index < -0.39 is 0 Å². The molecule has 0 saturated heterocycles. The summed E-state index contributed by atoms with van der Waals surface area (Å²) in [6.07, 6.45) is 7.15. The van der Waals surface area contributed by atoms with Crippen LogP contribution in [0.5, 0.6) is 0 Å². The number of fused-ring (bicyclic) bond motifs is 4. The van der Waals surface area contributed by atoms with Gasteiger partial charge < -0.3 is 4.40 Å². The van der Waals surface area contributed by atoms with Crippen molar-refractivity contribution in [2.75, 3.05) is 0 Å². The molecular weight excluding hydrogens is 396 g/mol. The zero-order chi connectivity index (χ0) is 20.5. The second-order valence-corrected chi connectivity index (χ2v) is 8.23. The first-order valence-corrected chi connectivity index (χ1v) is 11.2. The standard InChI is InChI=1S/C22H22N6OS/c1-2-3-7-13-27-20(29)17-9-4-5-10-18(17)28-21(27)24-25-22(28)30-15-16-14-26-12-8-6-11-19(26)23-16/h4-6,8-12,14H,2-3,7,13,15H2,1H3. The lowest BCUT2D eigenvalue weighted by Gasteiger charge is -2.11. The van der Waals surface area contributed by atoms with E-state index >= 15 is 0 Å². The summed E-state index contributed by atoms with van der Waals surface area (Å²) < 4.78 is 5.78. The lowest BCUT2D eigenvalue weighted by atomic mass is 10.2. The van der Waals surface area contributed by atoms with Crippen molar-refractivity contribution in [2.45, 2.75) is 43.6 Å². The lowest BCUT2D eigenvalue weighted by Crippen LogP contribution is -2.23. The fourth-order valence-corrected chi connectivity index (χ4v) is 4.57. The Morgan fingerprint density at radius 1 is 1.03 bits per heavy atom. The van der Waals surface area contributed by atoms with Crippen molar-refractivity contribution in [3.05, 3.63) is 70.9 Å². The highest BCUT2D eigenvalue weighted by atomic mass is 32.2. The van der Waals surface area contributed by atoms with Crippen LogP contribution < -0.4 is 5.56 Å². The maximum atomic E-state index is 13.1. The molecule has 1 aromatic carbocycles. The van der Waals surface area contributed by atoms with E-state index in [1.165, 1.54) is 0 Å². The number of nitrogens with zero attached hydrogens (tertiary/aromatic N) is 6. The summed E-state index contributed by atoms with van der Waals surface area (Å²) in [6.45, 7) is 2.81. The van der Waals surface area contributed by atoms with Gasteiger partial charge in [-0.3, -0.25) is 13.8 Å². The molecule has 152 valence electrons. The molecule has 0 N–H and O–H groups in total. The van der Waals surface area contributed by atoms with E-state index in [0.717, 1.165) is 41.3 Å². The highest BCUT2D eigenvalue weighted by molar-refractivity contribution is 7.98. The molecule has 0 unspecified atom stereocenters. The van der Waals surface area contributed by atoms with Gasteiger partial charge in [-0.15, -0.1) is 10.2 Å². The number of imidazole rings is 1. The molecule has 0 bridgehead atoms. The number of hydrogen-bond donors (Lipinski definition) is 0. The fraction of sp³-hybridized carbons (Fsp3) is 0.273. The number of para-hydroxylation sites is 1. The predicted octanol–water partition coefficient (Wildman–Crippen LogP) is 4.17. The molecule has 30 heavy (non-hydrogen) atoms. The number of unbranched alkanes of at least 4 members (excludes halogenated alkanes) is 2. The van der Waals surface area contributed by atoms with E-state index in [0.29, 0.717) is 23.5 Å². The maximum absolute atomic E-state index is 13.1. The Kier molecular flexibility index (Phi) is 5.00. The SMILES string of the molecule is CCCCCn1c(=O)c2ccccc2n2c(SCc3cn4ccccc4n3)nnc12. The van der Waals surface area contributed by atoms with Crippen LogP contribution in [0.3, 0.4) is 0 Å². The van der Waals surface area contributed by atoms with Gasteiger partial charge in [0.25, 0.3) is 5.56 Å². The molecule has 5 rings (SSSR count). The normalized spacial score (nSPS) is 11.8. The van der Waals surface area contributed by atoms with Crippen molar-refractivity contribution in [3.8, 4) is 0 Å². The third kappa shape index (κ3) is 3.27. The number of hydrogen-bond acceptors (Lipinski definition) is 5. The number of aromatic nitrogens is 6. The molecule has 0 amide bonds. The van der Waals surface area contributed by atoms with Crippen LogP contribution in [-0.4, -0.2) is 28.5 Å². The van der Waals surface area contributed by atoms with Crippen molar-refractivity contribution >= 4 is 34.1 Å². The van der Waals surface area contributed by atoms with E-state index in [9.17, 15) is 4.79 Å². The van der Waals surface area contributed by atoms with E-state index in [1.54, 1.807) is 16.3 Å². The molecular formula is C22H22N6OS. The zero-order valence-electron chi connectivity index (χ0n) is 16.7. The van der Waals surface area contributed by atoms with Crippen LogP contribution in [0.4, 0.5) is 0 Å². The molecule has 0 fully saturated rings. The second-order valence-electron chi connectivity index (χ2n) is 7.29. The van der Waals surface area contributed by atoms with Crippen LogP contribution >= 0.6 is 11.8 Å². The monoisotopic (exact) mass is 418 g/mol. The molecule has 4 heterocycles. The summed E-state index contributed by atoms with van der Waals surface area (Å²) >= 11 is 1.58. The fourth-order valence-electron chi connectivity index (χ4n) is 3.74. The first-order valence-electron chi connectivity index (χ1n) is 10.2. The summed E-state index contributed by atoms with van der Waals surface area (Å²) in [4.78, 5) is 17.8. The van der Waals surface area contributed by atoms with Crippen LogP contribution in [0, 0.1) is 0 Å². The van der Waals surface area contributed by atoms with Crippen LogP contribution in [0.25, 0.3) is 22.3 Å².